The minimum Gasteiger partial charge on any atom is -0.395 e. The smallest absolute Gasteiger partial charge is 0.194 e. The highest BCUT2D eigenvalue weighted by Gasteiger charge is 2.21. The third-order valence-electron chi connectivity index (χ3n) is 1.31. The molecule has 10 heavy (non-hydrogen) atoms. The molecule has 0 N–H and O–H groups in total. The van der Waals surface area contributed by atoms with Gasteiger partial charge in [0.15, 0.2) is 14.9 Å². The molecule has 0 atom stereocenters. The molecule has 0 unspecified atom stereocenters. The summed E-state index contributed by atoms with van der Waals surface area (Å²) in [5.74, 6) is 0.106. The van der Waals surface area contributed by atoms with Gasteiger partial charge >= 0.3 is 0 Å². The van der Waals surface area contributed by atoms with Crippen LogP contribution in [0.1, 0.15) is 13.3 Å². The van der Waals surface area contributed by atoms with E-state index in [-0.39, 0.29) is 10.8 Å². The van der Waals surface area contributed by atoms with E-state index in [0.717, 1.165) is 0 Å². The Morgan fingerprint density at radius 1 is 1.70 bits per heavy atom. The van der Waals surface area contributed by atoms with Gasteiger partial charge in [0.25, 0.3) is 0 Å². The van der Waals surface area contributed by atoms with E-state index in [0.29, 0.717) is 13.0 Å². The van der Waals surface area contributed by atoms with E-state index in [2.05, 4.69) is 9.99 Å². The highest BCUT2D eigenvalue weighted by molar-refractivity contribution is 8.06. The van der Waals surface area contributed by atoms with Crippen LogP contribution in [0, 0.1) is 0 Å². The molecule has 0 aromatic carbocycles. The highest BCUT2D eigenvalue weighted by atomic mass is 32.2. The molecule has 0 bridgehead atoms. The normalized spacial score (nSPS) is 18.3. The van der Waals surface area contributed by atoms with Crippen LogP contribution in [-0.2, 0) is 14.7 Å². The molecule has 0 aliphatic carbocycles. The molecule has 5 heteroatoms. The summed E-state index contributed by atoms with van der Waals surface area (Å²) >= 11 is 0. The van der Waals surface area contributed by atoms with E-state index in [1.54, 1.807) is 6.92 Å². The fourth-order valence-electron chi connectivity index (χ4n) is 0.675. The van der Waals surface area contributed by atoms with Gasteiger partial charge in [0.05, 0.1) is 5.75 Å². The molecule has 58 valence electrons. The van der Waals surface area contributed by atoms with Crippen LogP contribution in [0.3, 0.4) is 0 Å². The number of hydrogen-bond donors (Lipinski definition) is 0. The van der Waals surface area contributed by atoms with E-state index >= 15 is 0 Å². The molecule has 1 aliphatic heterocycles. The second-order valence-corrected chi connectivity index (χ2v) is 4.25. The number of hydrogen-bond acceptors (Lipinski definition) is 4. The van der Waals surface area contributed by atoms with Crippen LogP contribution >= 0.6 is 0 Å². The fraction of sp³-hybridized carbons (Fsp3) is 0.800. The van der Waals surface area contributed by atoms with Gasteiger partial charge in [-0.2, -0.15) is 0 Å². The zero-order chi connectivity index (χ0) is 7.61. The summed E-state index contributed by atoms with van der Waals surface area (Å²) in [5.41, 5.74) is 0. The first-order chi connectivity index (χ1) is 4.67. The molecule has 1 aliphatic rings. The second kappa shape index (κ2) is 2.57. The molecule has 0 aromatic heterocycles. The van der Waals surface area contributed by atoms with Crippen molar-refractivity contribution in [1.29, 1.82) is 0 Å². The fourth-order valence-corrected chi connectivity index (χ4v) is 1.57. The van der Waals surface area contributed by atoms with E-state index in [4.69, 9.17) is 0 Å². The lowest BCUT2D eigenvalue weighted by atomic mass is 10.5. The van der Waals surface area contributed by atoms with E-state index in [1.165, 1.54) is 0 Å². The molecule has 0 fully saturated rings. The van der Waals surface area contributed by atoms with E-state index in [1.807, 2.05) is 0 Å². The molecule has 0 saturated heterocycles. The molecule has 4 nitrogen and oxygen atoms in total. The quantitative estimate of drug-likeness (QED) is 0.553. The van der Waals surface area contributed by atoms with Crippen molar-refractivity contribution in [3.63, 3.8) is 0 Å². The van der Waals surface area contributed by atoms with Crippen molar-refractivity contribution in [3.8, 4) is 0 Å². The van der Waals surface area contributed by atoms with Gasteiger partial charge in [-0.3, -0.25) is 0 Å². The number of sulfone groups is 1. The van der Waals surface area contributed by atoms with E-state index < -0.39 is 9.84 Å². The highest BCUT2D eigenvalue weighted by Crippen LogP contribution is 2.06. The summed E-state index contributed by atoms with van der Waals surface area (Å²) in [6, 6.07) is 0. The molecule has 0 radical (unpaired) electrons. The Morgan fingerprint density at radius 2 is 2.40 bits per heavy atom. The van der Waals surface area contributed by atoms with E-state index in [9.17, 15) is 8.42 Å². The lowest BCUT2D eigenvalue weighted by Gasteiger charge is -1.93. The maximum Gasteiger partial charge on any atom is 0.194 e. The number of nitrogens with zero attached hydrogens (tertiary/aromatic N) is 1. The van der Waals surface area contributed by atoms with Crippen LogP contribution in [0.25, 0.3) is 0 Å². The van der Waals surface area contributed by atoms with Gasteiger partial charge in [-0.15, -0.1) is 0 Å². The van der Waals surface area contributed by atoms with Crippen molar-refractivity contribution in [2.45, 2.75) is 13.3 Å². The number of rotatable bonds is 1. The zero-order valence-corrected chi connectivity index (χ0v) is 6.52. The lowest BCUT2D eigenvalue weighted by Crippen LogP contribution is -2.14. The van der Waals surface area contributed by atoms with Crippen LogP contribution in [0.5, 0.6) is 0 Å². The van der Waals surface area contributed by atoms with Crippen molar-refractivity contribution < 1.29 is 13.3 Å². The van der Waals surface area contributed by atoms with Crippen molar-refractivity contribution in [1.82, 2.24) is 0 Å². The second-order valence-electron chi connectivity index (χ2n) is 1.97. The standard InChI is InChI=1S/C5H9NO3S/c1-2-10(7,8)5-3-4-9-6-5/h2-4H2,1H3. The summed E-state index contributed by atoms with van der Waals surface area (Å²) in [6.45, 7) is 1.99. The predicted molar refractivity (Wildman–Crippen MR) is 37.5 cm³/mol. The first-order valence-electron chi connectivity index (χ1n) is 3.08. The van der Waals surface area contributed by atoms with Crippen molar-refractivity contribution >= 4 is 14.9 Å². The maximum absolute atomic E-state index is 11.0. The average molecular weight is 163 g/mol. The first kappa shape index (κ1) is 7.53. The van der Waals surface area contributed by atoms with Crippen LogP contribution in [0.4, 0.5) is 0 Å². The molecule has 0 aromatic rings. The van der Waals surface area contributed by atoms with Gasteiger partial charge in [0.1, 0.15) is 6.61 Å². The van der Waals surface area contributed by atoms with Crippen LogP contribution in [0.2, 0.25) is 0 Å². The lowest BCUT2D eigenvalue weighted by molar-refractivity contribution is 0.174. The summed E-state index contributed by atoms with van der Waals surface area (Å²) in [6.07, 6.45) is 0.427. The average Bonchev–Trinajstić information content (AvgIpc) is 2.38. The Kier molecular flexibility index (Phi) is 1.94. The van der Waals surface area contributed by atoms with Gasteiger partial charge in [0.2, 0.25) is 0 Å². The molecule has 1 heterocycles. The van der Waals surface area contributed by atoms with Gasteiger partial charge in [0, 0.05) is 6.42 Å². The van der Waals surface area contributed by atoms with Gasteiger partial charge in [-0.05, 0) is 0 Å². The molecule has 0 saturated carbocycles. The summed E-state index contributed by atoms with van der Waals surface area (Å²) in [4.78, 5) is 4.55. The van der Waals surface area contributed by atoms with Crippen LogP contribution in [-0.4, -0.2) is 25.8 Å². The van der Waals surface area contributed by atoms with Crippen LogP contribution in [0.15, 0.2) is 5.16 Å². The predicted octanol–water partition coefficient (Wildman–Crippen LogP) is 0.155. The monoisotopic (exact) mass is 163 g/mol. The van der Waals surface area contributed by atoms with Crippen LogP contribution < -0.4 is 0 Å². The Hall–Kier alpha value is -0.580. The van der Waals surface area contributed by atoms with Gasteiger partial charge in [-0.1, -0.05) is 12.1 Å². The first-order valence-corrected chi connectivity index (χ1v) is 4.73. The Labute approximate surface area is 59.8 Å². The molecule has 0 amide bonds. The SMILES string of the molecule is CCS(=O)(=O)C1=NOCC1. The summed E-state index contributed by atoms with van der Waals surface area (Å²) in [7, 11) is -3.07. The minimum atomic E-state index is -3.07. The topological polar surface area (TPSA) is 55.7 Å². The largest absolute Gasteiger partial charge is 0.395 e. The molecular weight excluding hydrogens is 154 g/mol. The van der Waals surface area contributed by atoms with Gasteiger partial charge in [-0.25, -0.2) is 8.42 Å². The number of oxime groups is 1. The Balaban J connectivity index is 2.83. The summed E-state index contributed by atoms with van der Waals surface area (Å²) < 4.78 is 22.0. The minimum absolute atomic E-state index is 0.106. The Morgan fingerprint density at radius 3 is 2.80 bits per heavy atom. The molecular formula is C5H9NO3S. The molecule has 0 spiro atoms. The zero-order valence-electron chi connectivity index (χ0n) is 5.70. The van der Waals surface area contributed by atoms with Crippen molar-refractivity contribution in [3.05, 3.63) is 0 Å². The molecule has 1 rings (SSSR count). The maximum atomic E-state index is 11.0. The summed E-state index contributed by atoms with van der Waals surface area (Å²) in [5, 5.41) is 3.60. The third kappa shape index (κ3) is 1.29. The van der Waals surface area contributed by atoms with Gasteiger partial charge < -0.3 is 4.84 Å². The van der Waals surface area contributed by atoms with Crippen molar-refractivity contribution in [2.24, 2.45) is 5.16 Å². The van der Waals surface area contributed by atoms with Crippen molar-refractivity contribution in [2.75, 3.05) is 12.4 Å². The third-order valence-corrected chi connectivity index (χ3v) is 3.07. The Bertz CT molecular complexity index is 242.